The van der Waals surface area contributed by atoms with Gasteiger partial charge in [-0.2, -0.15) is 0 Å². The molecular formula is C13H22N2O. The summed E-state index contributed by atoms with van der Waals surface area (Å²) in [7, 11) is 0. The van der Waals surface area contributed by atoms with E-state index in [4.69, 9.17) is 0 Å². The molecule has 0 spiro atoms. The largest absolute Gasteiger partial charge is 0.356 e. The molecule has 3 rings (SSSR count). The summed E-state index contributed by atoms with van der Waals surface area (Å²) < 4.78 is 0. The summed E-state index contributed by atoms with van der Waals surface area (Å²) in [6.45, 7) is 2.03. The molecular weight excluding hydrogens is 200 g/mol. The van der Waals surface area contributed by atoms with Crippen LogP contribution in [0.5, 0.6) is 0 Å². The van der Waals surface area contributed by atoms with E-state index in [1.54, 1.807) is 0 Å². The van der Waals surface area contributed by atoms with Crippen LogP contribution in [-0.2, 0) is 4.79 Å². The standard InChI is InChI=1S/C13H22N2O/c16-13(12-10-4-1-5-11(10)12)15-8-6-9-3-2-7-14-9/h9-12,14H,1-8H2,(H,15,16)/t9-,10?,11?,12?/m1/s1. The lowest BCUT2D eigenvalue weighted by molar-refractivity contribution is -0.123. The maximum Gasteiger partial charge on any atom is 0.223 e. The SMILES string of the molecule is O=C(NCC[C@H]1CCCN1)C1C2CCCC21. The molecule has 1 amide bonds. The van der Waals surface area contributed by atoms with E-state index in [1.807, 2.05) is 0 Å². The summed E-state index contributed by atoms with van der Waals surface area (Å²) in [6.07, 6.45) is 7.63. The predicted octanol–water partition coefficient (Wildman–Crippen LogP) is 1.29. The minimum atomic E-state index is 0.340. The molecule has 90 valence electrons. The van der Waals surface area contributed by atoms with Crippen LogP contribution in [0.3, 0.4) is 0 Å². The number of hydrogen-bond donors (Lipinski definition) is 2. The van der Waals surface area contributed by atoms with E-state index in [-0.39, 0.29) is 0 Å². The fraction of sp³-hybridized carbons (Fsp3) is 0.923. The van der Waals surface area contributed by atoms with Crippen molar-refractivity contribution in [2.75, 3.05) is 13.1 Å². The molecule has 3 aliphatic rings. The van der Waals surface area contributed by atoms with E-state index in [0.717, 1.165) is 31.3 Å². The molecule has 1 aliphatic heterocycles. The molecule has 16 heavy (non-hydrogen) atoms. The first-order valence-corrected chi connectivity index (χ1v) is 6.87. The van der Waals surface area contributed by atoms with Crippen LogP contribution < -0.4 is 10.6 Å². The Morgan fingerprint density at radius 3 is 2.69 bits per heavy atom. The molecule has 0 aromatic heterocycles. The molecule has 1 saturated heterocycles. The fourth-order valence-corrected chi connectivity index (χ4v) is 3.70. The maximum atomic E-state index is 11.9. The van der Waals surface area contributed by atoms with Crippen LogP contribution in [0.15, 0.2) is 0 Å². The van der Waals surface area contributed by atoms with Crippen molar-refractivity contribution in [3.05, 3.63) is 0 Å². The van der Waals surface area contributed by atoms with Crippen LogP contribution in [0.1, 0.15) is 38.5 Å². The number of hydrogen-bond acceptors (Lipinski definition) is 2. The lowest BCUT2D eigenvalue weighted by Crippen LogP contribution is -2.32. The smallest absolute Gasteiger partial charge is 0.223 e. The molecule has 3 fully saturated rings. The normalized spacial score (nSPS) is 40.8. The van der Waals surface area contributed by atoms with Crippen molar-refractivity contribution in [1.29, 1.82) is 0 Å². The first-order chi connectivity index (χ1) is 7.86. The van der Waals surface area contributed by atoms with Gasteiger partial charge < -0.3 is 10.6 Å². The Morgan fingerprint density at radius 2 is 2.00 bits per heavy atom. The maximum absolute atomic E-state index is 11.9. The summed E-state index contributed by atoms with van der Waals surface area (Å²) in [5, 5.41) is 6.58. The van der Waals surface area contributed by atoms with Crippen LogP contribution in [0.4, 0.5) is 0 Å². The van der Waals surface area contributed by atoms with Gasteiger partial charge in [0.15, 0.2) is 0 Å². The summed E-state index contributed by atoms with van der Waals surface area (Å²) in [5.74, 6) is 2.24. The van der Waals surface area contributed by atoms with Gasteiger partial charge in [0.2, 0.25) is 5.91 Å². The van der Waals surface area contributed by atoms with Gasteiger partial charge in [-0.3, -0.25) is 4.79 Å². The van der Waals surface area contributed by atoms with Crippen molar-refractivity contribution in [3.8, 4) is 0 Å². The Labute approximate surface area is 97.4 Å². The molecule has 0 aromatic carbocycles. The number of fused-ring (bicyclic) bond motifs is 1. The Hall–Kier alpha value is -0.570. The quantitative estimate of drug-likeness (QED) is 0.752. The van der Waals surface area contributed by atoms with Gasteiger partial charge >= 0.3 is 0 Å². The monoisotopic (exact) mass is 222 g/mol. The van der Waals surface area contributed by atoms with Gasteiger partial charge in [0, 0.05) is 18.5 Å². The van der Waals surface area contributed by atoms with Crippen molar-refractivity contribution in [2.24, 2.45) is 17.8 Å². The van der Waals surface area contributed by atoms with Gasteiger partial charge in [-0.1, -0.05) is 6.42 Å². The van der Waals surface area contributed by atoms with E-state index in [9.17, 15) is 4.79 Å². The van der Waals surface area contributed by atoms with Crippen LogP contribution in [0, 0.1) is 17.8 Å². The van der Waals surface area contributed by atoms with Gasteiger partial charge in [-0.25, -0.2) is 0 Å². The van der Waals surface area contributed by atoms with E-state index < -0.39 is 0 Å². The highest BCUT2D eigenvalue weighted by Crippen LogP contribution is 2.57. The lowest BCUT2D eigenvalue weighted by Gasteiger charge is -2.11. The molecule has 1 heterocycles. The number of nitrogens with one attached hydrogen (secondary N) is 2. The van der Waals surface area contributed by atoms with Crippen molar-refractivity contribution >= 4 is 5.91 Å². The Kier molecular flexibility index (Phi) is 2.88. The molecule has 2 N–H and O–H groups in total. The van der Waals surface area contributed by atoms with Gasteiger partial charge in [0.05, 0.1) is 0 Å². The van der Waals surface area contributed by atoms with Crippen molar-refractivity contribution in [3.63, 3.8) is 0 Å². The zero-order valence-electron chi connectivity index (χ0n) is 9.87. The zero-order chi connectivity index (χ0) is 11.0. The van der Waals surface area contributed by atoms with Crippen LogP contribution >= 0.6 is 0 Å². The molecule has 2 aliphatic carbocycles. The third kappa shape index (κ3) is 1.97. The highest BCUT2D eigenvalue weighted by molar-refractivity contribution is 5.82. The third-order valence-electron chi connectivity index (χ3n) is 4.66. The lowest BCUT2D eigenvalue weighted by atomic mass is 10.1. The van der Waals surface area contributed by atoms with Crippen LogP contribution in [-0.4, -0.2) is 25.0 Å². The third-order valence-corrected chi connectivity index (χ3v) is 4.66. The molecule has 2 saturated carbocycles. The number of amides is 1. The highest BCUT2D eigenvalue weighted by Gasteiger charge is 2.56. The van der Waals surface area contributed by atoms with Gasteiger partial charge in [0.1, 0.15) is 0 Å². The zero-order valence-corrected chi connectivity index (χ0v) is 9.87. The molecule has 0 bridgehead atoms. The first-order valence-electron chi connectivity index (χ1n) is 6.87. The van der Waals surface area contributed by atoms with Crippen molar-refractivity contribution in [1.82, 2.24) is 10.6 Å². The molecule has 2 unspecified atom stereocenters. The summed E-state index contributed by atoms with van der Waals surface area (Å²) in [5.41, 5.74) is 0. The van der Waals surface area contributed by atoms with Crippen LogP contribution in [0.25, 0.3) is 0 Å². The second kappa shape index (κ2) is 4.36. The van der Waals surface area contributed by atoms with Crippen molar-refractivity contribution in [2.45, 2.75) is 44.6 Å². The van der Waals surface area contributed by atoms with Crippen LogP contribution in [0.2, 0.25) is 0 Å². The predicted molar refractivity (Wildman–Crippen MR) is 63.0 cm³/mol. The Bertz CT molecular complexity index is 263. The topological polar surface area (TPSA) is 41.1 Å². The van der Waals surface area contributed by atoms with Gasteiger partial charge in [0.25, 0.3) is 0 Å². The summed E-state index contributed by atoms with van der Waals surface area (Å²) in [6, 6.07) is 0.652. The van der Waals surface area contributed by atoms with Crippen molar-refractivity contribution < 1.29 is 4.79 Å². The average molecular weight is 222 g/mol. The number of rotatable bonds is 4. The summed E-state index contributed by atoms with van der Waals surface area (Å²) in [4.78, 5) is 11.9. The van der Waals surface area contributed by atoms with E-state index in [0.29, 0.717) is 17.9 Å². The Balaban J connectivity index is 1.34. The van der Waals surface area contributed by atoms with E-state index in [2.05, 4.69) is 10.6 Å². The minimum absolute atomic E-state index is 0.340. The second-order valence-corrected chi connectivity index (χ2v) is 5.66. The fourth-order valence-electron chi connectivity index (χ4n) is 3.70. The average Bonchev–Trinajstić information content (AvgIpc) is 2.76. The molecule has 0 aromatic rings. The first kappa shape index (κ1) is 10.6. The minimum Gasteiger partial charge on any atom is -0.356 e. The molecule has 0 radical (unpaired) electrons. The van der Waals surface area contributed by atoms with Gasteiger partial charge in [-0.15, -0.1) is 0 Å². The molecule has 3 heteroatoms. The molecule has 3 atom stereocenters. The number of carbonyl (C=O) groups excluding carboxylic acids is 1. The van der Waals surface area contributed by atoms with E-state index >= 15 is 0 Å². The number of carbonyl (C=O) groups is 1. The Morgan fingerprint density at radius 1 is 1.19 bits per heavy atom. The second-order valence-electron chi connectivity index (χ2n) is 5.66. The molecule has 3 nitrogen and oxygen atoms in total. The summed E-state index contributed by atoms with van der Waals surface area (Å²) >= 11 is 0. The van der Waals surface area contributed by atoms with Gasteiger partial charge in [-0.05, 0) is 50.5 Å². The highest BCUT2D eigenvalue weighted by atomic mass is 16.2. The van der Waals surface area contributed by atoms with E-state index in [1.165, 1.54) is 32.1 Å².